The lowest BCUT2D eigenvalue weighted by Gasteiger charge is -2.20. The molecule has 0 aliphatic rings. The summed E-state index contributed by atoms with van der Waals surface area (Å²) < 4.78 is 7.16. The second kappa shape index (κ2) is 12.5. The van der Waals surface area contributed by atoms with Crippen molar-refractivity contribution in [3.63, 3.8) is 0 Å². The van der Waals surface area contributed by atoms with Crippen LogP contribution < -0.4 is 10.7 Å². The highest BCUT2D eigenvalue weighted by molar-refractivity contribution is 7.18. The van der Waals surface area contributed by atoms with Gasteiger partial charge < -0.3 is 19.7 Å². The number of amides is 1. The molecule has 194 valence electrons. The predicted octanol–water partition coefficient (Wildman–Crippen LogP) is 4.46. The van der Waals surface area contributed by atoms with Crippen molar-refractivity contribution in [2.75, 3.05) is 27.3 Å². The van der Waals surface area contributed by atoms with E-state index in [0.29, 0.717) is 36.7 Å². The van der Waals surface area contributed by atoms with Crippen molar-refractivity contribution in [1.29, 1.82) is 0 Å². The Labute approximate surface area is 224 Å². The van der Waals surface area contributed by atoms with Gasteiger partial charge in [-0.25, -0.2) is 0 Å². The number of likely N-dealkylation sites (N-methyl/N-ethyl adjacent to an activating group) is 1. The molecule has 0 spiro atoms. The minimum absolute atomic E-state index is 0.0924. The standard InChI is InChI=1S/C28H30ClN3O4S/c1-31(18-25(33)20-6-4-3-5-7-20)16-22-14-23-26(34)24(17-32(12-13-36-2)28(23)37-22)27(35)30-15-19-8-10-21(29)11-9-19/h3-11,14,17,25,33H,12-13,15-16,18H2,1-2H3,(H,30,35)/t25-/m1/s1. The maximum Gasteiger partial charge on any atom is 0.257 e. The number of benzene rings is 2. The Morgan fingerprint density at radius 1 is 1.19 bits per heavy atom. The van der Waals surface area contributed by atoms with Crippen LogP contribution in [0.4, 0.5) is 0 Å². The summed E-state index contributed by atoms with van der Waals surface area (Å²) in [6.07, 6.45) is 1.00. The molecule has 0 fully saturated rings. The molecular formula is C28H30ClN3O4S. The van der Waals surface area contributed by atoms with Gasteiger partial charge in [0.25, 0.3) is 5.91 Å². The van der Waals surface area contributed by atoms with Crippen molar-refractivity contribution in [2.45, 2.75) is 25.7 Å². The highest BCUT2D eigenvalue weighted by Crippen LogP contribution is 2.26. The molecule has 4 rings (SSSR count). The minimum atomic E-state index is -0.613. The van der Waals surface area contributed by atoms with Gasteiger partial charge in [0.1, 0.15) is 10.4 Å². The summed E-state index contributed by atoms with van der Waals surface area (Å²) >= 11 is 7.45. The predicted molar refractivity (Wildman–Crippen MR) is 148 cm³/mol. The number of methoxy groups -OCH3 is 1. The normalized spacial score (nSPS) is 12.2. The van der Waals surface area contributed by atoms with Crippen LogP contribution in [0.1, 0.15) is 32.5 Å². The highest BCUT2D eigenvalue weighted by atomic mass is 35.5. The Morgan fingerprint density at radius 3 is 2.62 bits per heavy atom. The molecular weight excluding hydrogens is 510 g/mol. The molecule has 2 aromatic heterocycles. The molecule has 2 heterocycles. The van der Waals surface area contributed by atoms with Gasteiger partial charge in [-0.3, -0.25) is 14.5 Å². The van der Waals surface area contributed by atoms with Crippen molar-refractivity contribution in [3.05, 3.63) is 104 Å². The number of hydrogen-bond acceptors (Lipinski definition) is 6. The van der Waals surface area contributed by atoms with Crippen LogP contribution in [0.15, 0.2) is 71.7 Å². The summed E-state index contributed by atoms with van der Waals surface area (Å²) in [5.41, 5.74) is 1.54. The van der Waals surface area contributed by atoms with Crippen LogP contribution in [-0.2, 0) is 24.4 Å². The molecule has 1 amide bonds. The summed E-state index contributed by atoms with van der Waals surface area (Å²) in [5.74, 6) is -0.427. The van der Waals surface area contributed by atoms with Crippen molar-refractivity contribution in [3.8, 4) is 0 Å². The minimum Gasteiger partial charge on any atom is -0.387 e. The van der Waals surface area contributed by atoms with Crippen LogP contribution in [-0.4, -0.2) is 47.8 Å². The fourth-order valence-corrected chi connectivity index (χ4v) is 5.47. The van der Waals surface area contributed by atoms with Gasteiger partial charge in [-0.15, -0.1) is 11.3 Å². The van der Waals surface area contributed by atoms with Crippen LogP contribution in [0.3, 0.4) is 0 Å². The van der Waals surface area contributed by atoms with Crippen molar-refractivity contribution >= 4 is 39.1 Å². The lowest BCUT2D eigenvalue weighted by molar-refractivity contribution is 0.0949. The molecule has 2 aromatic carbocycles. The Morgan fingerprint density at radius 2 is 1.92 bits per heavy atom. The number of aliphatic hydroxyl groups excluding tert-OH is 1. The van der Waals surface area contributed by atoms with E-state index in [2.05, 4.69) is 5.32 Å². The van der Waals surface area contributed by atoms with Gasteiger partial charge in [-0.05, 0) is 36.4 Å². The summed E-state index contributed by atoms with van der Waals surface area (Å²) in [4.78, 5) is 30.1. The number of ether oxygens (including phenoxy) is 1. The number of aliphatic hydroxyl groups is 1. The van der Waals surface area contributed by atoms with Crippen LogP contribution in [0.25, 0.3) is 10.2 Å². The van der Waals surface area contributed by atoms with Crippen LogP contribution in [0, 0.1) is 0 Å². The van der Waals surface area contributed by atoms with Crippen molar-refractivity contribution < 1.29 is 14.6 Å². The molecule has 7 nitrogen and oxygen atoms in total. The van der Waals surface area contributed by atoms with Crippen molar-refractivity contribution in [2.24, 2.45) is 0 Å². The highest BCUT2D eigenvalue weighted by Gasteiger charge is 2.19. The molecule has 4 aromatic rings. The van der Waals surface area contributed by atoms with Gasteiger partial charge in [0, 0.05) is 49.4 Å². The Balaban J connectivity index is 1.55. The number of nitrogens with zero attached hydrogens (tertiary/aromatic N) is 2. The van der Waals surface area contributed by atoms with Gasteiger partial charge in [-0.2, -0.15) is 0 Å². The fourth-order valence-electron chi connectivity index (χ4n) is 4.11. The average molecular weight is 540 g/mol. The Kier molecular flexibility index (Phi) is 9.13. The largest absolute Gasteiger partial charge is 0.387 e. The van der Waals surface area contributed by atoms with E-state index >= 15 is 0 Å². The first kappa shape index (κ1) is 27.0. The van der Waals surface area contributed by atoms with E-state index in [-0.39, 0.29) is 17.5 Å². The summed E-state index contributed by atoms with van der Waals surface area (Å²) in [6, 6.07) is 18.6. The first-order valence-electron chi connectivity index (χ1n) is 11.9. The molecule has 0 radical (unpaired) electrons. The number of carbonyl (C=O) groups is 1. The van der Waals surface area contributed by atoms with Crippen LogP contribution >= 0.6 is 22.9 Å². The maximum absolute atomic E-state index is 13.3. The third-order valence-electron chi connectivity index (χ3n) is 6.04. The topological polar surface area (TPSA) is 83.8 Å². The lowest BCUT2D eigenvalue weighted by Crippen LogP contribution is -2.29. The number of nitrogens with one attached hydrogen (secondary N) is 1. The van der Waals surface area contributed by atoms with E-state index in [4.69, 9.17) is 16.3 Å². The molecule has 2 N–H and O–H groups in total. The molecule has 9 heteroatoms. The Bertz CT molecular complexity index is 1400. The number of rotatable bonds is 11. The number of thiophene rings is 1. The molecule has 0 bridgehead atoms. The number of pyridine rings is 1. The fraction of sp³-hybridized carbons (Fsp3) is 0.286. The van der Waals surface area contributed by atoms with Gasteiger partial charge in [-0.1, -0.05) is 54.1 Å². The second-order valence-electron chi connectivity index (χ2n) is 8.92. The molecule has 0 unspecified atom stereocenters. The van der Waals surface area contributed by atoms with E-state index in [9.17, 15) is 14.7 Å². The van der Waals surface area contributed by atoms with E-state index in [0.717, 1.165) is 20.8 Å². The monoisotopic (exact) mass is 539 g/mol. The summed E-state index contributed by atoms with van der Waals surface area (Å²) in [5, 5.41) is 14.5. The zero-order valence-electron chi connectivity index (χ0n) is 20.8. The van der Waals surface area contributed by atoms with Gasteiger partial charge >= 0.3 is 0 Å². The number of aromatic nitrogens is 1. The Hall–Kier alpha value is -3.01. The summed E-state index contributed by atoms with van der Waals surface area (Å²) in [7, 11) is 3.55. The number of fused-ring (bicyclic) bond motifs is 1. The van der Waals surface area contributed by atoms with Gasteiger partial charge in [0.2, 0.25) is 5.43 Å². The molecule has 0 saturated carbocycles. The zero-order valence-corrected chi connectivity index (χ0v) is 22.4. The van der Waals surface area contributed by atoms with Gasteiger partial charge in [0.15, 0.2) is 0 Å². The SMILES string of the molecule is COCCn1cc(C(=O)NCc2ccc(Cl)cc2)c(=O)c2cc(CN(C)C[C@@H](O)c3ccccc3)sc21. The van der Waals surface area contributed by atoms with E-state index in [1.165, 1.54) is 11.3 Å². The summed E-state index contributed by atoms with van der Waals surface area (Å²) in [6.45, 7) is 2.25. The number of halogens is 1. The van der Waals surface area contributed by atoms with Crippen LogP contribution in [0.2, 0.25) is 5.02 Å². The first-order chi connectivity index (χ1) is 17.9. The molecule has 0 aliphatic carbocycles. The molecule has 0 aliphatic heterocycles. The maximum atomic E-state index is 13.3. The molecule has 37 heavy (non-hydrogen) atoms. The third-order valence-corrected chi connectivity index (χ3v) is 7.45. The zero-order chi connectivity index (χ0) is 26.4. The van der Waals surface area contributed by atoms with Crippen molar-refractivity contribution in [1.82, 2.24) is 14.8 Å². The third kappa shape index (κ3) is 6.85. The molecule has 0 saturated heterocycles. The van der Waals surface area contributed by atoms with Gasteiger partial charge in [0.05, 0.1) is 18.1 Å². The smallest absolute Gasteiger partial charge is 0.257 e. The second-order valence-corrected chi connectivity index (χ2v) is 10.5. The molecule has 1 atom stereocenters. The average Bonchev–Trinajstić information content (AvgIpc) is 3.32. The first-order valence-corrected chi connectivity index (χ1v) is 13.1. The quantitative estimate of drug-likeness (QED) is 0.294. The van der Waals surface area contributed by atoms with E-state index in [1.807, 2.05) is 65.0 Å². The van der Waals surface area contributed by atoms with Crippen LogP contribution in [0.5, 0.6) is 0 Å². The number of carbonyl (C=O) groups excluding carboxylic acids is 1. The van der Waals surface area contributed by atoms with E-state index < -0.39 is 12.0 Å². The number of hydrogen-bond donors (Lipinski definition) is 2. The van der Waals surface area contributed by atoms with E-state index in [1.54, 1.807) is 25.4 Å². The lowest BCUT2D eigenvalue weighted by atomic mass is 10.1.